The first-order valence-corrected chi connectivity index (χ1v) is 14.5. The highest BCUT2D eigenvalue weighted by Crippen LogP contribution is 2.65. The van der Waals surface area contributed by atoms with Crippen LogP contribution in [-0.2, 0) is 23.9 Å². The van der Waals surface area contributed by atoms with E-state index >= 15 is 0 Å². The van der Waals surface area contributed by atoms with Gasteiger partial charge in [-0.15, -0.1) is 13.2 Å². The average molecular weight is 533 g/mol. The number of carbonyl (C=O) groups excluding carboxylic acids is 3. The van der Waals surface area contributed by atoms with E-state index in [2.05, 4.69) is 20.1 Å². The molecule has 0 aromatic rings. The van der Waals surface area contributed by atoms with E-state index in [1.807, 2.05) is 19.9 Å². The Labute approximate surface area is 228 Å². The van der Waals surface area contributed by atoms with Crippen LogP contribution in [0.25, 0.3) is 0 Å². The number of likely N-dealkylation sites (tertiary alicyclic amines) is 1. The van der Waals surface area contributed by atoms with Crippen LogP contribution in [0.2, 0.25) is 0 Å². The highest BCUT2D eigenvalue weighted by atomic mass is 16.6. The summed E-state index contributed by atoms with van der Waals surface area (Å²) in [6, 6.07) is -0.810. The molecule has 3 heterocycles. The second-order valence-electron chi connectivity index (χ2n) is 11.4. The summed E-state index contributed by atoms with van der Waals surface area (Å²) >= 11 is 0. The molecule has 6 atom stereocenters. The Morgan fingerprint density at radius 2 is 1.95 bits per heavy atom. The van der Waals surface area contributed by atoms with Crippen LogP contribution in [0.4, 0.5) is 0 Å². The van der Waals surface area contributed by atoms with Gasteiger partial charge in [0.1, 0.15) is 17.6 Å². The van der Waals surface area contributed by atoms with Crippen LogP contribution in [0, 0.1) is 17.8 Å². The summed E-state index contributed by atoms with van der Waals surface area (Å²) in [5, 5.41) is 9.36. The van der Waals surface area contributed by atoms with Crippen LogP contribution >= 0.6 is 0 Å². The van der Waals surface area contributed by atoms with Crippen molar-refractivity contribution in [3.05, 3.63) is 25.3 Å². The maximum atomic E-state index is 14.2. The Morgan fingerprint density at radius 3 is 2.61 bits per heavy atom. The van der Waals surface area contributed by atoms with Crippen LogP contribution in [0.15, 0.2) is 25.3 Å². The standard InChI is InChI=1S/C30H48N2O6/c1-6-9-11-15-20-37-28(36)24-23-26(34)32(18-13-14-19-33)25(30(23)21-22(4)29(24,5)38-30)27(35)31(16-8-3)17-12-10-7-2/h6,8,22-25,33H,1,3,7,9-21H2,2,4-5H3/t22?,23-,24+,25?,29-,30?/m0/s1. The van der Waals surface area contributed by atoms with Gasteiger partial charge in [0.25, 0.3) is 0 Å². The van der Waals surface area contributed by atoms with Gasteiger partial charge in [-0.3, -0.25) is 14.4 Å². The molecule has 0 saturated carbocycles. The molecular formula is C30H48N2O6. The molecule has 8 nitrogen and oxygen atoms in total. The van der Waals surface area contributed by atoms with E-state index in [0.717, 1.165) is 38.5 Å². The van der Waals surface area contributed by atoms with Crippen molar-refractivity contribution in [2.24, 2.45) is 17.8 Å². The van der Waals surface area contributed by atoms with E-state index < -0.39 is 35.0 Å². The van der Waals surface area contributed by atoms with E-state index in [0.29, 0.717) is 38.9 Å². The minimum Gasteiger partial charge on any atom is -0.465 e. The molecule has 0 aromatic heterocycles. The number of esters is 1. The number of aliphatic hydroxyl groups excluding tert-OH is 1. The molecule has 3 unspecified atom stereocenters. The molecule has 8 heteroatoms. The molecule has 1 spiro atoms. The lowest BCUT2D eigenvalue weighted by atomic mass is 9.62. The molecule has 0 aromatic carbocycles. The Hall–Kier alpha value is -2.19. The molecule has 38 heavy (non-hydrogen) atoms. The fourth-order valence-corrected chi connectivity index (χ4v) is 6.84. The van der Waals surface area contributed by atoms with Gasteiger partial charge in [-0.25, -0.2) is 0 Å². The fraction of sp³-hybridized carbons (Fsp3) is 0.767. The Kier molecular flexibility index (Phi) is 10.6. The van der Waals surface area contributed by atoms with Gasteiger partial charge in [-0.2, -0.15) is 0 Å². The van der Waals surface area contributed by atoms with E-state index in [-0.39, 0.29) is 30.9 Å². The van der Waals surface area contributed by atoms with Crippen molar-refractivity contribution in [3.8, 4) is 0 Å². The Balaban J connectivity index is 1.94. The van der Waals surface area contributed by atoms with Crippen LogP contribution in [-0.4, -0.2) is 82.8 Å². The first-order valence-electron chi connectivity index (χ1n) is 14.5. The first-order chi connectivity index (χ1) is 18.2. The summed E-state index contributed by atoms with van der Waals surface area (Å²) in [5.74, 6) is -2.30. The molecule has 0 radical (unpaired) electrons. The van der Waals surface area contributed by atoms with E-state index in [1.54, 1.807) is 15.9 Å². The number of amides is 2. The number of nitrogens with zero attached hydrogens (tertiary/aromatic N) is 2. The zero-order chi connectivity index (χ0) is 27.9. The zero-order valence-electron chi connectivity index (χ0n) is 23.7. The number of unbranched alkanes of at least 4 members (excludes halogenated alkanes) is 5. The van der Waals surface area contributed by atoms with E-state index in [1.165, 1.54) is 0 Å². The van der Waals surface area contributed by atoms with Crippen LogP contribution in [0.5, 0.6) is 0 Å². The van der Waals surface area contributed by atoms with Crippen molar-refractivity contribution in [3.63, 3.8) is 0 Å². The van der Waals surface area contributed by atoms with Crippen molar-refractivity contribution < 1.29 is 29.0 Å². The fourth-order valence-electron chi connectivity index (χ4n) is 6.84. The molecule has 3 rings (SSSR count). The van der Waals surface area contributed by atoms with Crippen molar-refractivity contribution in [2.45, 2.75) is 95.8 Å². The second-order valence-corrected chi connectivity index (χ2v) is 11.4. The minimum atomic E-state index is -1.07. The molecule has 1 N–H and O–H groups in total. The molecule has 0 aliphatic carbocycles. The molecule has 2 amide bonds. The number of hydrogen-bond acceptors (Lipinski definition) is 6. The third-order valence-electron chi connectivity index (χ3n) is 8.85. The van der Waals surface area contributed by atoms with Gasteiger partial charge in [-0.05, 0) is 57.8 Å². The summed E-state index contributed by atoms with van der Waals surface area (Å²) in [5.41, 5.74) is -1.95. The number of rotatable bonds is 17. The first kappa shape index (κ1) is 30.4. The van der Waals surface area contributed by atoms with Gasteiger partial charge >= 0.3 is 5.97 Å². The molecule has 3 aliphatic heterocycles. The van der Waals surface area contributed by atoms with Crippen molar-refractivity contribution in [1.82, 2.24) is 9.80 Å². The highest BCUT2D eigenvalue weighted by Gasteiger charge is 2.80. The van der Waals surface area contributed by atoms with Crippen LogP contribution in [0.1, 0.15) is 78.6 Å². The lowest BCUT2D eigenvalue weighted by molar-refractivity contribution is -0.162. The summed E-state index contributed by atoms with van der Waals surface area (Å²) in [6.07, 6.45) is 10.6. The number of aliphatic hydroxyl groups is 1. The van der Waals surface area contributed by atoms with Gasteiger partial charge in [0.2, 0.25) is 11.8 Å². The summed E-state index contributed by atoms with van der Waals surface area (Å²) in [7, 11) is 0. The second kappa shape index (κ2) is 13.2. The van der Waals surface area contributed by atoms with Crippen molar-refractivity contribution >= 4 is 17.8 Å². The largest absolute Gasteiger partial charge is 0.465 e. The van der Waals surface area contributed by atoms with E-state index in [9.17, 15) is 19.5 Å². The SMILES string of the molecule is C=CCCCCOC(=O)[C@H]1[C@H]2C(=O)N(CCCCO)C(C(=O)N(CC=C)CCCCC)C23CC(C)[C@]1(C)O3. The maximum Gasteiger partial charge on any atom is 0.312 e. The van der Waals surface area contributed by atoms with E-state index in [4.69, 9.17) is 9.47 Å². The molecule has 3 aliphatic rings. The average Bonchev–Trinajstić information content (AvgIpc) is 3.40. The molecule has 214 valence electrons. The Morgan fingerprint density at radius 1 is 1.18 bits per heavy atom. The molecule has 3 saturated heterocycles. The number of allylic oxidation sites excluding steroid dienone is 1. The van der Waals surface area contributed by atoms with Crippen LogP contribution in [0.3, 0.4) is 0 Å². The zero-order valence-corrected chi connectivity index (χ0v) is 23.7. The highest BCUT2D eigenvalue weighted by molar-refractivity contribution is 5.98. The summed E-state index contributed by atoms with van der Waals surface area (Å²) in [6.45, 7) is 15.2. The van der Waals surface area contributed by atoms with Gasteiger partial charge in [-0.1, -0.05) is 38.8 Å². The van der Waals surface area contributed by atoms with Gasteiger partial charge < -0.3 is 24.4 Å². The lowest BCUT2D eigenvalue weighted by Gasteiger charge is -2.37. The topological polar surface area (TPSA) is 96.4 Å². The predicted molar refractivity (Wildman–Crippen MR) is 146 cm³/mol. The van der Waals surface area contributed by atoms with Crippen LogP contribution < -0.4 is 0 Å². The number of hydrogen-bond donors (Lipinski definition) is 1. The lowest BCUT2D eigenvalue weighted by Crippen LogP contribution is -2.56. The normalized spacial score (nSPS) is 31.4. The number of fused-ring (bicyclic) bond motifs is 1. The predicted octanol–water partition coefficient (Wildman–Crippen LogP) is 3.87. The monoisotopic (exact) mass is 532 g/mol. The smallest absolute Gasteiger partial charge is 0.312 e. The molecule has 2 bridgehead atoms. The van der Waals surface area contributed by atoms with Crippen molar-refractivity contribution in [2.75, 3.05) is 32.8 Å². The van der Waals surface area contributed by atoms with Gasteiger partial charge in [0.05, 0.1) is 18.1 Å². The summed E-state index contributed by atoms with van der Waals surface area (Å²) < 4.78 is 12.5. The quantitative estimate of drug-likeness (QED) is 0.174. The molecular weight excluding hydrogens is 484 g/mol. The van der Waals surface area contributed by atoms with Gasteiger partial charge in [0.15, 0.2) is 0 Å². The maximum absolute atomic E-state index is 14.2. The molecule has 3 fully saturated rings. The number of ether oxygens (including phenoxy) is 2. The van der Waals surface area contributed by atoms with Crippen molar-refractivity contribution in [1.29, 1.82) is 0 Å². The third kappa shape index (κ3) is 5.57. The third-order valence-corrected chi connectivity index (χ3v) is 8.85. The number of carbonyl (C=O) groups is 3. The van der Waals surface area contributed by atoms with Gasteiger partial charge in [0, 0.05) is 26.2 Å². The Bertz CT molecular complexity index is 877. The summed E-state index contributed by atoms with van der Waals surface area (Å²) in [4.78, 5) is 45.3. The minimum absolute atomic E-state index is 0.0151.